The van der Waals surface area contributed by atoms with Gasteiger partial charge in [-0.05, 0) is 51.1 Å². The SMILES string of the molecule is CN(Cc1cc(C=O)ccc1Oc1ccc(Cl)c(Cl)c1)C(=O)OC(C)(C)C. The molecule has 0 unspecified atom stereocenters. The molecule has 2 aromatic carbocycles. The summed E-state index contributed by atoms with van der Waals surface area (Å²) in [7, 11) is 1.62. The van der Waals surface area contributed by atoms with Crippen molar-refractivity contribution in [1.82, 2.24) is 4.90 Å². The van der Waals surface area contributed by atoms with Gasteiger partial charge in [0.2, 0.25) is 0 Å². The quantitative estimate of drug-likeness (QED) is 0.571. The lowest BCUT2D eigenvalue weighted by molar-refractivity contribution is 0.0284. The van der Waals surface area contributed by atoms with Crippen LogP contribution in [0.4, 0.5) is 4.79 Å². The van der Waals surface area contributed by atoms with Crippen LogP contribution in [0, 0.1) is 0 Å². The summed E-state index contributed by atoms with van der Waals surface area (Å²) in [6.07, 6.45) is 0.263. The first-order valence-electron chi connectivity index (χ1n) is 8.24. The molecular weight excluding hydrogens is 389 g/mol. The monoisotopic (exact) mass is 409 g/mol. The summed E-state index contributed by atoms with van der Waals surface area (Å²) in [4.78, 5) is 24.8. The molecule has 0 aliphatic carbocycles. The van der Waals surface area contributed by atoms with Crippen molar-refractivity contribution in [3.05, 3.63) is 57.6 Å². The molecule has 2 aromatic rings. The summed E-state index contributed by atoms with van der Waals surface area (Å²) in [5, 5.41) is 0.788. The molecule has 0 aliphatic rings. The molecule has 7 heteroatoms. The fourth-order valence-corrected chi connectivity index (χ4v) is 2.51. The second-order valence-electron chi connectivity index (χ2n) is 7.00. The number of aldehydes is 1. The Balaban J connectivity index is 2.27. The third-order valence-corrected chi connectivity index (χ3v) is 4.19. The van der Waals surface area contributed by atoms with E-state index in [9.17, 15) is 9.59 Å². The summed E-state index contributed by atoms with van der Waals surface area (Å²) in [5.41, 5.74) is 0.526. The van der Waals surface area contributed by atoms with Crippen molar-refractivity contribution in [3.63, 3.8) is 0 Å². The lowest BCUT2D eigenvalue weighted by Gasteiger charge is -2.25. The molecule has 0 fully saturated rings. The maximum atomic E-state index is 12.2. The van der Waals surface area contributed by atoms with Gasteiger partial charge < -0.3 is 14.4 Å². The third-order valence-electron chi connectivity index (χ3n) is 3.45. The topological polar surface area (TPSA) is 55.8 Å². The van der Waals surface area contributed by atoms with Crippen LogP contribution in [0.1, 0.15) is 36.7 Å². The van der Waals surface area contributed by atoms with Crippen molar-refractivity contribution in [2.24, 2.45) is 0 Å². The Kier molecular flexibility index (Phi) is 6.73. The average molecular weight is 410 g/mol. The Morgan fingerprint density at radius 3 is 2.41 bits per heavy atom. The minimum Gasteiger partial charge on any atom is -0.457 e. The molecular formula is C20H21Cl2NO4. The van der Waals surface area contributed by atoms with Crippen molar-refractivity contribution in [3.8, 4) is 11.5 Å². The molecule has 2 rings (SSSR count). The Labute approximate surface area is 168 Å². The van der Waals surface area contributed by atoms with Crippen LogP contribution in [-0.2, 0) is 11.3 Å². The van der Waals surface area contributed by atoms with Crippen LogP contribution in [-0.4, -0.2) is 29.9 Å². The first-order chi connectivity index (χ1) is 12.6. The van der Waals surface area contributed by atoms with Crippen LogP contribution in [0.5, 0.6) is 11.5 Å². The Morgan fingerprint density at radius 1 is 1.11 bits per heavy atom. The second-order valence-corrected chi connectivity index (χ2v) is 7.81. The number of carbonyl (C=O) groups is 2. The van der Waals surface area contributed by atoms with Crippen LogP contribution >= 0.6 is 23.2 Å². The van der Waals surface area contributed by atoms with E-state index in [4.69, 9.17) is 32.7 Å². The van der Waals surface area contributed by atoms with Crippen molar-refractivity contribution in [2.75, 3.05) is 7.05 Å². The smallest absolute Gasteiger partial charge is 0.410 e. The zero-order valence-electron chi connectivity index (χ0n) is 15.6. The van der Waals surface area contributed by atoms with Crippen molar-refractivity contribution in [2.45, 2.75) is 32.9 Å². The number of amides is 1. The molecule has 0 N–H and O–H groups in total. The number of carbonyl (C=O) groups excluding carboxylic acids is 2. The summed E-state index contributed by atoms with van der Waals surface area (Å²) >= 11 is 12.0. The number of benzene rings is 2. The third kappa shape index (κ3) is 6.15. The van der Waals surface area contributed by atoms with Crippen LogP contribution in [0.15, 0.2) is 36.4 Å². The maximum Gasteiger partial charge on any atom is 0.410 e. The van der Waals surface area contributed by atoms with Crippen LogP contribution < -0.4 is 4.74 Å². The summed E-state index contributed by atoms with van der Waals surface area (Å²) in [6, 6.07) is 9.88. The number of nitrogens with zero attached hydrogens (tertiary/aromatic N) is 1. The van der Waals surface area contributed by atoms with E-state index in [-0.39, 0.29) is 6.54 Å². The largest absolute Gasteiger partial charge is 0.457 e. The molecule has 1 amide bonds. The molecule has 0 saturated heterocycles. The van der Waals surface area contributed by atoms with Crippen LogP contribution in [0.3, 0.4) is 0 Å². The molecule has 0 aliphatic heterocycles. The Morgan fingerprint density at radius 2 is 1.81 bits per heavy atom. The summed E-state index contributed by atoms with van der Waals surface area (Å²) < 4.78 is 11.2. The second kappa shape index (κ2) is 8.63. The first kappa shape index (κ1) is 21.1. The number of rotatable bonds is 5. The minimum atomic E-state index is -0.602. The highest BCUT2D eigenvalue weighted by Gasteiger charge is 2.21. The van der Waals surface area contributed by atoms with Gasteiger partial charge in [-0.2, -0.15) is 0 Å². The normalized spacial score (nSPS) is 11.0. The van der Waals surface area contributed by atoms with Crippen molar-refractivity contribution >= 4 is 35.6 Å². The van der Waals surface area contributed by atoms with Crippen LogP contribution in [0.2, 0.25) is 10.0 Å². The first-order valence-corrected chi connectivity index (χ1v) is 9.00. The van der Waals surface area contributed by atoms with E-state index in [1.807, 2.05) is 0 Å². The highest BCUT2D eigenvalue weighted by molar-refractivity contribution is 6.42. The predicted molar refractivity (Wildman–Crippen MR) is 106 cm³/mol. The molecule has 0 saturated carbocycles. The number of hydrogen-bond acceptors (Lipinski definition) is 4. The van der Waals surface area contributed by atoms with Crippen molar-refractivity contribution in [1.29, 1.82) is 0 Å². The van der Waals surface area contributed by atoms with E-state index < -0.39 is 11.7 Å². The summed E-state index contributed by atoms with van der Waals surface area (Å²) in [6.45, 7) is 5.59. The van der Waals surface area contributed by atoms with Gasteiger partial charge in [0.1, 0.15) is 23.4 Å². The highest BCUT2D eigenvalue weighted by atomic mass is 35.5. The number of hydrogen-bond donors (Lipinski definition) is 0. The lowest BCUT2D eigenvalue weighted by atomic mass is 10.1. The van der Waals surface area contributed by atoms with E-state index in [1.54, 1.807) is 64.2 Å². The molecule has 0 radical (unpaired) electrons. The molecule has 0 bridgehead atoms. The molecule has 144 valence electrons. The lowest BCUT2D eigenvalue weighted by Crippen LogP contribution is -2.33. The molecule has 27 heavy (non-hydrogen) atoms. The van der Waals surface area contributed by atoms with E-state index in [0.29, 0.717) is 32.7 Å². The molecule has 0 spiro atoms. The van der Waals surface area contributed by atoms with E-state index in [0.717, 1.165) is 6.29 Å². The van der Waals surface area contributed by atoms with Gasteiger partial charge in [0, 0.05) is 24.2 Å². The Bertz CT molecular complexity index is 846. The zero-order valence-corrected chi connectivity index (χ0v) is 17.1. The maximum absolute atomic E-state index is 12.2. The fourth-order valence-electron chi connectivity index (χ4n) is 2.22. The van der Waals surface area contributed by atoms with Gasteiger partial charge in [0.05, 0.1) is 16.6 Å². The van der Waals surface area contributed by atoms with Crippen molar-refractivity contribution < 1.29 is 19.1 Å². The Hall–Kier alpha value is -2.24. The van der Waals surface area contributed by atoms with Gasteiger partial charge in [0.25, 0.3) is 0 Å². The molecule has 0 heterocycles. The van der Waals surface area contributed by atoms with Crippen LogP contribution in [0.25, 0.3) is 0 Å². The van der Waals surface area contributed by atoms with E-state index in [2.05, 4.69) is 0 Å². The van der Waals surface area contributed by atoms with Gasteiger partial charge >= 0.3 is 6.09 Å². The number of halogens is 2. The summed E-state index contributed by atoms with van der Waals surface area (Å²) in [5.74, 6) is 0.985. The zero-order chi connectivity index (χ0) is 20.2. The van der Waals surface area contributed by atoms with E-state index in [1.165, 1.54) is 4.90 Å². The fraction of sp³-hybridized carbons (Fsp3) is 0.300. The van der Waals surface area contributed by atoms with E-state index >= 15 is 0 Å². The number of ether oxygens (including phenoxy) is 2. The molecule has 0 aromatic heterocycles. The standard InChI is InChI=1S/C20H21Cl2NO4/c1-20(2,3)27-19(25)23(4)11-14-9-13(12-24)5-8-18(14)26-15-6-7-16(21)17(22)10-15/h5-10,12H,11H2,1-4H3. The average Bonchev–Trinajstić information content (AvgIpc) is 2.58. The molecule has 0 atom stereocenters. The minimum absolute atomic E-state index is 0.202. The van der Waals surface area contributed by atoms with Gasteiger partial charge in [0.15, 0.2) is 0 Å². The molecule has 5 nitrogen and oxygen atoms in total. The van der Waals surface area contributed by atoms with Gasteiger partial charge in [-0.25, -0.2) is 4.79 Å². The van der Waals surface area contributed by atoms with Gasteiger partial charge in [-0.15, -0.1) is 0 Å². The highest BCUT2D eigenvalue weighted by Crippen LogP contribution is 2.32. The van der Waals surface area contributed by atoms with Gasteiger partial charge in [-0.1, -0.05) is 23.2 Å². The van der Waals surface area contributed by atoms with Gasteiger partial charge in [-0.3, -0.25) is 4.79 Å². The predicted octanol–water partition coefficient (Wildman–Crippen LogP) is 5.97.